The molecule has 1 N–H and O–H groups in total. The standard InChI is InChI=1S/C18H22Cl2N4OS/c1-26-18-23-22-15(24(18)12-6-2-3-7-12)10-5-11-21-17(25)16-13(19)8-4-9-14(16)20/h4,8-9,12H,2-3,5-7,10-11H2,1H3,(H,21,25). The zero-order chi connectivity index (χ0) is 18.5. The number of nitrogens with one attached hydrogen (secondary N) is 1. The second-order valence-corrected chi connectivity index (χ2v) is 7.96. The molecule has 8 heteroatoms. The minimum Gasteiger partial charge on any atom is -0.352 e. The smallest absolute Gasteiger partial charge is 0.254 e. The molecule has 1 aromatic heterocycles. The van der Waals surface area contributed by atoms with Crippen molar-refractivity contribution in [2.45, 2.75) is 49.7 Å². The molecule has 1 amide bonds. The maximum absolute atomic E-state index is 12.3. The van der Waals surface area contributed by atoms with Crippen LogP contribution in [0.1, 0.15) is 54.3 Å². The van der Waals surface area contributed by atoms with Gasteiger partial charge < -0.3 is 9.88 Å². The lowest BCUT2D eigenvalue weighted by atomic mass is 10.2. The Bertz CT molecular complexity index is 754. The highest BCUT2D eigenvalue weighted by Crippen LogP contribution is 2.33. The number of carbonyl (C=O) groups excluding carboxylic acids is 1. The second kappa shape index (κ2) is 9.11. The van der Waals surface area contributed by atoms with Gasteiger partial charge in [-0.25, -0.2) is 0 Å². The number of amides is 1. The first-order chi connectivity index (χ1) is 12.6. The van der Waals surface area contributed by atoms with Gasteiger partial charge in [0.05, 0.1) is 15.6 Å². The Morgan fingerprint density at radius 3 is 2.62 bits per heavy atom. The van der Waals surface area contributed by atoms with Crippen molar-refractivity contribution in [3.8, 4) is 0 Å². The number of hydrogen-bond acceptors (Lipinski definition) is 4. The predicted molar refractivity (Wildman–Crippen MR) is 106 cm³/mol. The van der Waals surface area contributed by atoms with E-state index in [1.165, 1.54) is 25.7 Å². The molecule has 1 aromatic carbocycles. The highest BCUT2D eigenvalue weighted by molar-refractivity contribution is 7.98. The van der Waals surface area contributed by atoms with E-state index in [9.17, 15) is 4.79 Å². The summed E-state index contributed by atoms with van der Waals surface area (Å²) in [4.78, 5) is 12.3. The molecule has 1 saturated carbocycles. The monoisotopic (exact) mass is 412 g/mol. The van der Waals surface area contributed by atoms with Crippen LogP contribution in [0.5, 0.6) is 0 Å². The number of benzene rings is 1. The molecule has 1 heterocycles. The van der Waals surface area contributed by atoms with E-state index in [0.29, 0.717) is 28.2 Å². The molecule has 0 spiro atoms. The Kier molecular flexibility index (Phi) is 6.84. The molecule has 5 nitrogen and oxygen atoms in total. The van der Waals surface area contributed by atoms with Gasteiger partial charge in [0.25, 0.3) is 5.91 Å². The van der Waals surface area contributed by atoms with Crippen molar-refractivity contribution in [2.24, 2.45) is 0 Å². The van der Waals surface area contributed by atoms with Crippen molar-refractivity contribution < 1.29 is 4.79 Å². The number of hydrogen-bond donors (Lipinski definition) is 1. The van der Waals surface area contributed by atoms with Crippen molar-refractivity contribution >= 4 is 40.9 Å². The molecule has 1 aliphatic carbocycles. The van der Waals surface area contributed by atoms with Gasteiger partial charge in [0.1, 0.15) is 5.82 Å². The largest absolute Gasteiger partial charge is 0.352 e. The summed E-state index contributed by atoms with van der Waals surface area (Å²) in [5.74, 6) is 0.758. The fourth-order valence-corrected chi connectivity index (χ4v) is 4.54. The van der Waals surface area contributed by atoms with Crippen LogP contribution in [0, 0.1) is 0 Å². The summed E-state index contributed by atoms with van der Waals surface area (Å²) in [6, 6.07) is 5.56. The van der Waals surface area contributed by atoms with Crippen molar-refractivity contribution in [1.82, 2.24) is 20.1 Å². The number of nitrogens with zero attached hydrogens (tertiary/aromatic N) is 3. The molecule has 1 aliphatic rings. The second-order valence-electron chi connectivity index (χ2n) is 6.37. The van der Waals surface area contributed by atoms with Crippen LogP contribution in [0.2, 0.25) is 10.0 Å². The van der Waals surface area contributed by atoms with E-state index < -0.39 is 0 Å². The average Bonchev–Trinajstić information content (AvgIpc) is 3.27. The van der Waals surface area contributed by atoms with Crippen LogP contribution in [0.4, 0.5) is 0 Å². The first-order valence-electron chi connectivity index (χ1n) is 8.81. The van der Waals surface area contributed by atoms with Crippen LogP contribution in [-0.4, -0.2) is 33.5 Å². The molecule has 3 rings (SSSR count). The number of rotatable bonds is 7. The summed E-state index contributed by atoms with van der Waals surface area (Å²) in [5, 5.41) is 13.3. The van der Waals surface area contributed by atoms with Crippen molar-refractivity contribution in [1.29, 1.82) is 0 Å². The van der Waals surface area contributed by atoms with E-state index in [0.717, 1.165) is 23.8 Å². The van der Waals surface area contributed by atoms with Crippen LogP contribution in [0.15, 0.2) is 23.4 Å². The minimum atomic E-state index is -0.248. The summed E-state index contributed by atoms with van der Waals surface area (Å²) >= 11 is 13.8. The minimum absolute atomic E-state index is 0.248. The summed E-state index contributed by atoms with van der Waals surface area (Å²) in [6.07, 6.45) is 8.52. The van der Waals surface area contributed by atoms with E-state index in [-0.39, 0.29) is 5.91 Å². The molecular weight excluding hydrogens is 391 g/mol. The normalized spacial score (nSPS) is 14.7. The van der Waals surface area contributed by atoms with E-state index in [1.807, 2.05) is 6.26 Å². The van der Waals surface area contributed by atoms with Crippen molar-refractivity contribution in [3.05, 3.63) is 39.6 Å². The Balaban J connectivity index is 1.57. The molecule has 26 heavy (non-hydrogen) atoms. The molecule has 1 fully saturated rings. The fraction of sp³-hybridized carbons (Fsp3) is 0.500. The predicted octanol–water partition coefficient (Wildman–Crippen LogP) is 4.78. The molecule has 0 radical (unpaired) electrons. The van der Waals surface area contributed by atoms with Gasteiger partial charge in [0.15, 0.2) is 5.16 Å². The van der Waals surface area contributed by atoms with Crippen molar-refractivity contribution in [2.75, 3.05) is 12.8 Å². The average molecular weight is 413 g/mol. The van der Waals surface area contributed by atoms with Gasteiger partial charge in [-0.3, -0.25) is 4.79 Å². The molecular formula is C18H22Cl2N4OS. The number of thioether (sulfide) groups is 1. The van der Waals surface area contributed by atoms with Gasteiger partial charge in [-0.05, 0) is 37.7 Å². The Hall–Kier alpha value is -1.24. The van der Waals surface area contributed by atoms with Gasteiger partial charge in [-0.2, -0.15) is 0 Å². The Labute approximate surface area is 167 Å². The fourth-order valence-electron chi connectivity index (χ4n) is 3.40. The molecule has 2 aromatic rings. The third-order valence-electron chi connectivity index (χ3n) is 4.66. The quantitative estimate of drug-likeness (QED) is 0.524. The zero-order valence-corrected chi connectivity index (χ0v) is 17.0. The van der Waals surface area contributed by atoms with E-state index in [2.05, 4.69) is 20.1 Å². The van der Waals surface area contributed by atoms with Gasteiger partial charge in [-0.1, -0.05) is 53.9 Å². The summed E-state index contributed by atoms with van der Waals surface area (Å²) in [5.41, 5.74) is 0.328. The molecule has 0 saturated heterocycles. The van der Waals surface area contributed by atoms with Crippen molar-refractivity contribution in [3.63, 3.8) is 0 Å². The van der Waals surface area contributed by atoms with Crippen LogP contribution in [-0.2, 0) is 6.42 Å². The third kappa shape index (κ3) is 4.35. The topological polar surface area (TPSA) is 59.8 Å². The van der Waals surface area contributed by atoms with Crippen LogP contribution < -0.4 is 5.32 Å². The summed E-state index contributed by atoms with van der Waals surface area (Å²) < 4.78 is 2.30. The lowest BCUT2D eigenvalue weighted by Crippen LogP contribution is -2.25. The Morgan fingerprint density at radius 2 is 1.96 bits per heavy atom. The van der Waals surface area contributed by atoms with Crippen LogP contribution >= 0.6 is 35.0 Å². The third-order valence-corrected chi connectivity index (χ3v) is 5.93. The first kappa shape index (κ1) is 19.5. The Morgan fingerprint density at radius 1 is 1.27 bits per heavy atom. The highest BCUT2D eigenvalue weighted by atomic mass is 35.5. The number of carbonyl (C=O) groups is 1. The molecule has 0 unspecified atom stereocenters. The lowest BCUT2D eigenvalue weighted by molar-refractivity contribution is 0.0953. The maximum atomic E-state index is 12.3. The maximum Gasteiger partial charge on any atom is 0.254 e. The number of aromatic nitrogens is 3. The number of halogens is 2. The van der Waals surface area contributed by atoms with Gasteiger partial charge >= 0.3 is 0 Å². The van der Waals surface area contributed by atoms with Crippen LogP contribution in [0.25, 0.3) is 0 Å². The first-order valence-corrected chi connectivity index (χ1v) is 10.8. The van der Waals surface area contributed by atoms with Gasteiger partial charge in [0, 0.05) is 19.0 Å². The SMILES string of the molecule is CSc1nnc(CCCNC(=O)c2c(Cl)cccc2Cl)n1C1CCCC1. The lowest BCUT2D eigenvalue weighted by Gasteiger charge is -2.16. The zero-order valence-electron chi connectivity index (χ0n) is 14.7. The van der Waals surface area contributed by atoms with Gasteiger partial charge in [-0.15, -0.1) is 10.2 Å². The summed E-state index contributed by atoms with van der Waals surface area (Å²) in [6.45, 7) is 0.534. The highest BCUT2D eigenvalue weighted by Gasteiger charge is 2.23. The van der Waals surface area contributed by atoms with E-state index in [4.69, 9.17) is 23.2 Å². The summed E-state index contributed by atoms with van der Waals surface area (Å²) in [7, 11) is 0. The molecule has 0 atom stereocenters. The van der Waals surface area contributed by atoms with Gasteiger partial charge in [0.2, 0.25) is 0 Å². The molecule has 0 aliphatic heterocycles. The molecule has 140 valence electrons. The number of aryl methyl sites for hydroxylation is 1. The van der Waals surface area contributed by atoms with Crippen LogP contribution in [0.3, 0.4) is 0 Å². The van der Waals surface area contributed by atoms with E-state index >= 15 is 0 Å². The molecule has 0 bridgehead atoms. The van der Waals surface area contributed by atoms with E-state index in [1.54, 1.807) is 30.0 Å².